The van der Waals surface area contributed by atoms with Crippen molar-refractivity contribution in [3.8, 4) is 0 Å². The van der Waals surface area contributed by atoms with Gasteiger partial charge in [-0.15, -0.1) is 12.4 Å². The molecule has 0 aliphatic carbocycles. The van der Waals surface area contributed by atoms with Crippen LogP contribution in [0.1, 0.15) is 18.4 Å². The zero-order valence-electron chi connectivity index (χ0n) is 14.1. The number of rotatable bonds is 6. The molecule has 1 unspecified atom stereocenters. The summed E-state index contributed by atoms with van der Waals surface area (Å²) < 4.78 is 0. The first kappa shape index (κ1) is 20.4. The maximum Gasteiger partial charge on any atom is 0.238 e. The summed E-state index contributed by atoms with van der Waals surface area (Å²) in [6.45, 7) is 4.74. The van der Waals surface area contributed by atoms with Crippen molar-refractivity contribution in [1.82, 2.24) is 10.2 Å². The van der Waals surface area contributed by atoms with Crippen molar-refractivity contribution in [2.45, 2.75) is 19.8 Å². The van der Waals surface area contributed by atoms with Crippen molar-refractivity contribution in [2.24, 2.45) is 11.7 Å². The van der Waals surface area contributed by atoms with Crippen LogP contribution in [-0.2, 0) is 9.59 Å². The van der Waals surface area contributed by atoms with Gasteiger partial charge in [0.2, 0.25) is 11.8 Å². The number of hydrogen-bond donors (Lipinski definition) is 3. The van der Waals surface area contributed by atoms with Crippen molar-refractivity contribution in [2.75, 3.05) is 38.0 Å². The van der Waals surface area contributed by atoms with Crippen LogP contribution in [0.3, 0.4) is 0 Å². The molecule has 1 saturated heterocycles. The molecule has 1 heterocycles. The van der Waals surface area contributed by atoms with Crippen LogP contribution in [0.2, 0.25) is 0 Å². The largest absolute Gasteiger partial charge is 0.355 e. The molecule has 1 aliphatic heterocycles. The number of anilines is 1. The van der Waals surface area contributed by atoms with Gasteiger partial charge in [0.15, 0.2) is 0 Å². The predicted molar refractivity (Wildman–Crippen MR) is 98.3 cm³/mol. The average molecular weight is 355 g/mol. The van der Waals surface area contributed by atoms with Crippen molar-refractivity contribution in [1.29, 1.82) is 0 Å². The van der Waals surface area contributed by atoms with Crippen LogP contribution in [0.25, 0.3) is 0 Å². The molecule has 0 spiro atoms. The maximum absolute atomic E-state index is 12.1. The van der Waals surface area contributed by atoms with Crippen LogP contribution in [0, 0.1) is 12.8 Å². The van der Waals surface area contributed by atoms with E-state index in [9.17, 15) is 9.59 Å². The first-order valence-electron chi connectivity index (χ1n) is 8.15. The molecule has 6 nitrogen and oxygen atoms in total. The Morgan fingerprint density at radius 3 is 2.67 bits per heavy atom. The number of amides is 2. The summed E-state index contributed by atoms with van der Waals surface area (Å²) in [5.41, 5.74) is 7.36. The fraction of sp³-hybridized carbons (Fsp3) is 0.529. The van der Waals surface area contributed by atoms with Crippen molar-refractivity contribution in [3.63, 3.8) is 0 Å². The van der Waals surface area contributed by atoms with E-state index < -0.39 is 0 Å². The van der Waals surface area contributed by atoms with Gasteiger partial charge in [0.05, 0.1) is 12.5 Å². The molecule has 1 aromatic carbocycles. The molecule has 7 heteroatoms. The number of carbonyl (C=O) groups excluding carboxylic acids is 2. The molecule has 1 aliphatic rings. The summed E-state index contributed by atoms with van der Waals surface area (Å²) >= 11 is 0. The van der Waals surface area contributed by atoms with Crippen LogP contribution in [0.5, 0.6) is 0 Å². The number of likely N-dealkylation sites (tertiary alicyclic amines) is 1. The van der Waals surface area contributed by atoms with Gasteiger partial charge in [0.1, 0.15) is 0 Å². The molecule has 1 fully saturated rings. The Morgan fingerprint density at radius 2 is 2.00 bits per heavy atom. The minimum Gasteiger partial charge on any atom is -0.355 e. The normalized spacial score (nSPS) is 17.7. The number of aryl methyl sites for hydroxylation is 1. The van der Waals surface area contributed by atoms with E-state index in [4.69, 9.17) is 5.73 Å². The molecule has 134 valence electrons. The molecule has 0 bridgehead atoms. The fourth-order valence-corrected chi connectivity index (χ4v) is 2.79. The monoisotopic (exact) mass is 354 g/mol. The third-order valence-electron chi connectivity index (χ3n) is 4.02. The second-order valence-electron chi connectivity index (χ2n) is 6.07. The molecule has 1 atom stereocenters. The van der Waals surface area contributed by atoms with E-state index in [-0.39, 0.29) is 30.1 Å². The summed E-state index contributed by atoms with van der Waals surface area (Å²) in [6.07, 6.45) is 1.80. The highest BCUT2D eigenvalue weighted by atomic mass is 35.5. The van der Waals surface area contributed by atoms with Gasteiger partial charge in [-0.3, -0.25) is 14.5 Å². The molecular weight excluding hydrogens is 328 g/mol. The highest BCUT2D eigenvalue weighted by Crippen LogP contribution is 2.16. The van der Waals surface area contributed by atoms with Gasteiger partial charge in [0, 0.05) is 25.3 Å². The van der Waals surface area contributed by atoms with Crippen LogP contribution < -0.4 is 16.4 Å². The second-order valence-corrected chi connectivity index (χ2v) is 6.07. The van der Waals surface area contributed by atoms with E-state index in [1.165, 1.54) is 0 Å². The van der Waals surface area contributed by atoms with Crippen LogP contribution in [0.15, 0.2) is 24.3 Å². The van der Waals surface area contributed by atoms with E-state index in [0.29, 0.717) is 26.2 Å². The minimum atomic E-state index is -0.0533. The van der Waals surface area contributed by atoms with E-state index in [0.717, 1.165) is 30.6 Å². The third-order valence-corrected chi connectivity index (χ3v) is 4.02. The topological polar surface area (TPSA) is 87.5 Å². The molecule has 2 amide bonds. The Bertz CT molecular complexity index is 536. The van der Waals surface area contributed by atoms with Crippen molar-refractivity contribution in [3.05, 3.63) is 29.8 Å². The minimum absolute atomic E-state index is 0. The predicted octanol–water partition coefficient (Wildman–Crippen LogP) is 1.14. The molecule has 0 radical (unpaired) electrons. The van der Waals surface area contributed by atoms with Crippen LogP contribution in [0.4, 0.5) is 5.69 Å². The Kier molecular flexibility index (Phi) is 8.74. The number of hydrogen-bond acceptors (Lipinski definition) is 4. The molecular formula is C17H27ClN4O2. The van der Waals surface area contributed by atoms with Crippen molar-refractivity contribution >= 4 is 29.9 Å². The van der Waals surface area contributed by atoms with Gasteiger partial charge in [-0.05, 0) is 38.4 Å². The van der Waals surface area contributed by atoms with Gasteiger partial charge >= 0.3 is 0 Å². The van der Waals surface area contributed by atoms with E-state index in [1.54, 1.807) is 0 Å². The zero-order chi connectivity index (χ0) is 16.7. The van der Waals surface area contributed by atoms with E-state index in [1.807, 2.05) is 36.1 Å². The number of nitrogens with zero attached hydrogens (tertiary/aromatic N) is 1. The van der Waals surface area contributed by atoms with Gasteiger partial charge in [-0.1, -0.05) is 17.7 Å². The summed E-state index contributed by atoms with van der Waals surface area (Å²) in [5.74, 6) is -0.0570. The Hall–Kier alpha value is -1.63. The van der Waals surface area contributed by atoms with Crippen molar-refractivity contribution < 1.29 is 9.59 Å². The van der Waals surface area contributed by atoms with Gasteiger partial charge in [0.25, 0.3) is 0 Å². The highest BCUT2D eigenvalue weighted by molar-refractivity contribution is 5.92. The first-order valence-corrected chi connectivity index (χ1v) is 8.15. The number of halogens is 1. The summed E-state index contributed by atoms with van der Waals surface area (Å²) in [4.78, 5) is 26.2. The lowest BCUT2D eigenvalue weighted by molar-refractivity contribution is -0.127. The van der Waals surface area contributed by atoms with E-state index in [2.05, 4.69) is 10.6 Å². The van der Waals surface area contributed by atoms with E-state index >= 15 is 0 Å². The Balaban J connectivity index is 0.00000288. The van der Waals surface area contributed by atoms with Crippen LogP contribution >= 0.6 is 12.4 Å². The summed E-state index contributed by atoms with van der Waals surface area (Å²) in [7, 11) is 0. The molecule has 2 rings (SSSR count). The lowest BCUT2D eigenvalue weighted by Gasteiger charge is -2.31. The molecule has 0 saturated carbocycles. The summed E-state index contributed by atoms with van der Waals surface area (Å²) in [5, 5.41) is 5.73. The van der Waals surface area contributed by atoms with Gasteiger partial charge < -0.3 is 16.4 Å². The quantitative estimate of drug-likeness (QED) is 0.715. The highest BCUT2D eigenvalue weighted by Gasteiger charge is 2.26. The molecule has 1 aromatic rings. The number of nitrogens with two attached hydrogens (primary N) is 1. The van der Waals surface area contributed by atoms with Gasteiger partial charge in [-0.25, -0.2) is 0 Å². The lowest BCUT2D eigenvalue weighted by Crippen LogP contribution is -2.46. The zero-order valence-corrected chi connectivity index (χ0v) is 14.9. The smallest absolute Gasteiger partial charge is 0.238 e. The number of nitrogens with one attached hydrogen (secondary N) is 2. The average Bonchev–Trinajstić information content (AvgIpc) is 2.55. The number of benzene rings is 1. The first-order chi connectivity index (χ1) is 11.1. The third kappa shape index (κ3) is 6.47. The number of carbonyl (C=O) groups is 2. The SMILES string of the molecule is Cc1ccc(NC(=O)CN2CCCC(C(=O)NCCN)C2)cc1.Cl. The number of piperidine rings is 1. The Morgan fingerprint density at radius 1 is 1.29 bits per heavy atom. The van der Waals surface area contributed by atoms with Crippen LogP contribution in [-0.4, -0.2) is 49.4 Å². The molecule has 0 aromatic heterocycles. The van der Waals surface area contributed by atoms with Gasteiger partial charge in [-0.2, -0.15) is 0 Å². The lowest BCUT2D eigenvalue weighted by atomic mass is 9.97. The maximum atomic E-state index is 12.1. The summed E-state index contributed by atoms with van der Waals surface area (Å²) in [6, 6.07) is 7.72. The second kappa shape index (κ2) is 10.3. The molecule has 4 N–H and O–H groups in total. The fourth-order valence-electron chi connectivity index (χ4n) is 2.79. The Labute approximate surface area is 149 Å². The molecule has 24 heavy (non-hydrogen) atoms. The standard InChI is InChI=1S/C17H26N4O2.ClH/c1-13-4-6-15(7-5-13)20-16(22)12-21-10-2-3-14(11-21)17(23)19-9-8-18;/h4-7,14H,2-3,8-12,18H2,1H3,(H,19,23)(H,20,22);1H.